The predicted molar refractivity (Wildman–Crippen MR) is 118 cm³/mol. The van der Waals surface area contributed by atoms with Crippen LogP contribution in [0.5, 0.6) is 0 Å². The number of benzene rings is 2. The van der Waals surface area contributed by atoms with Crippen molar-refractivity contribution in [1.29, 1.82) is 0 Å². The number of rotatable bonds is 6. The van der Waals surface area contributed by atoms with E-state index in [1.54, 1.807) is 36.4 Å². The van der Waals surface area contributed by atoms with Crippen molar-refractivity contribution in [3.63, 3.8) is 0 Å². The fraction of sp³-hybridized carbons (Fsp3) is 0.150. The zero-order valence-electron chi connectivity index (χ0n) is 16.2. The van der Waals surface area contributed by atoms with Crippen LogP contribution in [-0.4, -0.2) is 32.7 Å². The van der Waals surface area contributed by atoms with Crippen LogP contribution in [0.15, 0.2) is 52.4 Å². The third-order valence-corrected chi connectivity index (χ3v) is 5.09. The van der Waals surface area contributed by atoms with E-state index in [-0.39, 0.29) is 28.4 Å². The van der Waals surface area contributed by atoms with Crippen LogP contribution in [0.3, 0.4) is 0 Å². The van der Waals surface area contributed by atoms with Crippen LogP contribution in [-0.2, 0) is 9.59 Å². The van der Waals surface area contributed by atoms with Gasteiger partial charge in [-0.25, -0.2) is 0 Å². The molecule has 1 heterocycles. The lowest BCUT2D eigenvalue weighted by Gasteiger charge is -2.11. The Balaban J connectivity index is 1.72. The van der Waals surface area contributed by atoms with Gasteiger partial charge in [0.05, 0.1) is 11.4 Å². The number of carbonyl (C=O) groups excluding carboxylic acids is 2. The van der Waals surface area contributed by atoms with Crippen LogP contribution >= 0.6 is 23.4 Å². The summed E-state index contributed by atoms with van der Waals surface area (Å²) in [6.45, 7) is 3.21. The third-order valence-electron chi connectivity index (χ3n) is 3.97. The van der Waals surface area contributed by atoms with Crippen molar-refractivity contribution in [3.05, 3.63) is 63.4 Å². The summed E-state index contributed by atoms with van der Waals surface area (Å²) in [7, 11) is 0. The summed E-state index contributed by atoms with van der Waals surface area (Å²) >= 11 is 6.87. The second-order valence-corrected chi connectivity index (χ2v) is 7.73. The molecule has 0 aliphatic heterocycles. The van der Waals surface area contributed by atoms with Gasteiger partial charge in [0.1, 0.15) is 0 Å². The number of carbonyl (C=O) groups is 2. The smallest absolute Gasteiger partial charge is 0.278 e. The van der Waals surface area contributed by atoms with Gasteiger partial charge in [0.2, 0.25) is 11.8 Å². The molecule has 1 aromatic heterocycles. The van der Waals surface area contributed by atoms with Crippen LogP contribution in [0.1, 0.15) is 12.5 Å². The molecule has 0 saturated carbocycles. The number of halogens is 1. The normalized spacial score (nSPS) is 10.5. The summed E-state index contributed by atoms with van der Waals surface area (Å²) in [4.78, 5) is 38.8. The Morgan fingerprint density at radius 2 is 1.83 bits per heavy atom. The number of anilines is 2. The monoisotopic (exact) mass is 443 g/mol. The lowest BCUT2D eigenvalue weighted by Crippen LogP contribution is -2.18. The van der Waals surface area contributed by atoms with Crippen molar-refractivity contribution in [2.24, 2.45) is 0 Å². The van der Waals surface area contributed by atoms with Crippen molar-refractivity contribution in [1.82, 2.24) is 15.2 Å². The van der Waals surface area contributed by atoms with Crippen LogP contribution in [0, 0.1) is 6.92 Å². The molecular weight excluding hydrogens is 426 g/mol. The second kappa shape index (κ2) is 9.55. The molecule has 0 saturated heterocycles. The minimum Gasteiger partial charge on any atom is -0.325 e. The zero-order chi connectivity index (χ0) is 21.7. The van der Waals surface area contributed by atoms with Gasteiger partial charge in [-0.1, -0.05) is 41.6 Å². The average Bonchev–Trinajstić information content (AvgIpc) is 2.70. The summed E-state index contributed by atoms with van der Waals surface area (Å²) in [6, 6.07) is 12.0. The Bertz CT molecular complexity index is 1150. The number of H-pyrrole nitrogens is 1. The van der Waals surface area contributed by atoms with Crippen LogP contribution in [0.25, 0.3) is 11.3 Å². The number of aryl methyl sites for hydroxylation is 1. The standard InChI is InChI=1S/C20H18ClN5O3S/c1-11-4-3-5-15(17(11)22-12(2)27)18-19(29)24-20(26-25-18)30-10-16(28)23-14-8-6-13(21)7-9-14/h3-9H,10H2,1-2H3,(H,22,27)(H,23,28)(H,24,26,29). The molecule has 0 aliphatic carbocycles. The highest BCUT2D eigenvalue weighted by Crippen LogP contribution is 2.27. The molecule has 0 unspecified atom stereocenters. The number of nitrogens with one attached hydrogen (secondary N) is 3. The quantitative estimate of drug-likeness (QED) is 0.502. The maximum atomic E-state index is 12.6. The zero-order valence-corrected chi connectivity index (χ0v) is 17.7. The molecule has 30 heavy (non-hydrogen) atoms. The fourth-order valence-corrected chi connectivity index (χ4v) is 3.36. The number of nitrogens with zero attached hydrogens (tertiary/aromatic N) is 2. The first-order chi connectivity index (χ1) is 14.3. The van der Waals surface area contributed by atoms with E-state index in [9.17, 15) is 14.4 Å². The van der Waals surface area contributed by atoms with E-state index in [4.69, 9.17) is 11.6 Å². The van der Waals surface area contributed by atoms with E-state index in [0.717, 1.165) is 17.3 Å². The molecule has 0 bridgehead atoms. The van der Waals surface area contributed by atoms with E-state index in [0.29, 0.717) is 22.0 Å². The van der Waals surface area contributed by atoms with Crippen LogP contribution < -0.4 is 16.2 Å². The molecule has 3 aromatic rings. The van der Waals surface area contributed by atoms with Gasteiger partial charge in [-0.2, -0.15) is 0 Å². The number of para-hydroxylation sites is 1. The van der Waals surface area contributed by atoms with Crippen molar-refractivity contribution >= 4 is 46.6 Å². The summed E-state index contributed by atoms with van der Waals surface area (Å²) in [5, 5.41) is 14.3. The molecule has 154 valence electrons. The third kappa shape index (κ3) is 5.46. The molecule has 0 atom stereocenters. The van der Waals surface area contributed by atoms with Crippen molar-refractivity contribution < 1.29 is 9.59 Å². The molecule has 0 aliphatic rings. The largest absolute Gasteiger partial charge is 0.325 e. The minimum absolute atomic E-state index is 0.0359. The highest BCUT2D eigenvalue weighted by Gasteiger charge is 2.15. The molecule has 0 spiro atoms. The summed E-state index contributed by atoms with van der Waals surface area (Å²) in [5.41, 5.74) is 2.00. The van der Waals surface area contributed by atoms with Crippen LogP contribution in [0.2, 0.25) is 5.02 Å². The van der Waals surface area contributed by atoms with Gasteiger partial charge in [-0.3, -0.25) is 19.4 Å². The maximum Gasteiger partial charge on any atom is 0.278 e. The Morgan fingerprint density at radius 1 is 1.10 bits per heavy atom. The number of amides is 2. The molecule has 3 rings (SSSR count). The van der Waals surface area contributed by atoms with E-state index in [1.807, 2.05) is 13.0 Å². The molecule has 3 N–H and O–H groups in total. The van der Waals surface area contributed by atoms with E-state index < -0.39 is 5.56 Å². The number of thioether (sulfide) groups is 1. The molecule has 0 fully saturated rings. The van der Waals surface area contributed by atoms with Crippen molar-refractivity contribution in [3.8, 4) is 11.3 Å². The first-order valence-corrected chi connectivity index (χ1v) is 10.2. The SMILES string of the molecule is CC(=O)Nc1c(C)cccc1-c1nnc(SCC(=O)Nc2ccc(Cl)cc2)[nH]c1=O. The van der Waals surface area contributed by atoms with E-state index in [2.05, 4.69) is 25.8 Å². The Labute approximate surface area is 181 Å². The molecular formula is C20H18ClN5O3S. The van der Waals surface area contributed by atoms with Crippen molar-refractivity contribution in [2.45, 2.75) is 19.0 Å². The predicted octanol–water partition coefficient (Wildman–Crippen LogP) is 3.48. The Hall–Kier alpha value is -3.17. The number of hydrogen-bond acceptors (Lipinski definition) is 6. The topological polar surface area (TPSA) is 117 Å². The van der Waals surface area contributed by atoms with Crippen LogP contribution in [0.4, 0.5) is 11.4 Å². The van der Waals surface area contributed by atoms with Gasteiger partial charge < -0.3 is 10.6 Å². The Morgan fingerprint density at radius 3 is 2.50 bits per heavy atom. The molecule has 0 radical (unpaired) electrons. The highest BCUT2D eigenvalue weighted by molar-refractivity contribution is 7.99. The summed E-state index contributed by atoms with van der Waals surface area (Å²) in [5.74, 6) is -0.483. The van der Waals surface area contributed by atoms with Gasteiger partial charge in [0.15, 0.2) is 10.9 Å². The lowest BCUT2D eigenvalue weighted by molar-refractivity contribution is -0.114. The average molecular weight is 444 g/mol. The maximum absolute atomic E-state index is 12.6. The van der Waals surface area contributed by atoms with Crippen molar-refractivity contribution in [2.75, 3.05) is 16.4 Å². The molecule has 8 nitrogen and oxygen atoms in total. The Kier molecular flexibility index (Phi) is 6.86. The van der Waals surface area contributed by atoms with Gasteiger partial charge in [-0.05, 0) is 36.8 Å². The number of aromatic amines is 1. The first kappa shape index (κ1) is 21.5. The number of aromatic nitrogens is 3. The lowest BCUT2D eigenvalue weighted by atomic mass is 10.1. The minimum atomic E-state index is -0.470. The summed E-state index contributed by atoms with van der Waals surface area (Å²) in [6.07, 6.45) is 0. The van der Waals surface area contributed by atoms with Gasteiger partial charge in [-0.15, -0.1) is 10.2 Å². The highest BCUT2D eigenvalue weighted by atomic mass is 35.5. The molecule has 2 aromatic carbocycles. The second-order valence-electron chi connectivity index (χ2n) is 6.33. The van der Waals surface area contributed by atoms with E-state index >= 15 is 0 Å². The fourth-order valence-electron chi connectivity index (χ4n) is 2.63. The van der Waals surface area contributed by atoms with Gasteiger partial charge in [0.25, 0.3) is 5.56 Å². The first-order valence-electron chi connectivity index (χ1n) is 8.86. The van der Waals surface area contributed by atoms with E-state index in [1.165, 1.54) is 6.92 Å². The summed E-state index contributed by atoms with van der Waals surface area (Å²) < 4.78 is 0. The molecule has 2 amide bonds. The number of hydrogen-bond donors (Lipinski definition) is 3. The molecule has 10 heteroatoms. The van der Waals surface area contributed by atoms with Gasteiger partial charge in [0, 0.05) is 23.2 Å². The van der Waals surface area contributed by atoms with Gasteiger partial charge >= 0.3 is 0 Å².